The number of nitrogens with zero attached hydrogens (tertiary/aromatic N) is 1. The van der Waals surface area contributed by atoms with Crippen molar-refractivity contribution in [1.29, 1.82) is 0 Å². The van der Waals surface area contributed by atoms with Crippen molar-refractivity contribution in [2.75, 3.05) is 11.9 Å². The number of hydrogen-bond acceptors (Lipinski definition) is 3. The van der Waals surface area contributed by atoms with Crippen molar-refractivity contribution in [1.82, 2.24) is 4.98 Å². The molecule has 0 spiro atoms. The van der Waals surface area contributed by atoms with Gasteiger partial charge in [0.1, 0.15) is 0 Å². The highest BCUT2D eigenvalue weighted by molar-refractivity contribution is 6.34. The van der Waals surface area contributed by atoms with Crippen LogP contribution in [-0.2, 0) is 0 Å². The molecule has 4 nitrogen and oxygen atoms in total. The maximum Gasteiger partial charge on any atom is 0.257 e. The molecule has 0 bridgehead atoms. The van der Waals surface area contributed by atoms with E-state index in [1.165, 1.54) is 6.20 Å². The summed E-state index contributed by atoms with van der Waals surface area (Å²) in [6.45, 7) is 0.0190. The van der Waals surface area contributed by atoms with Gasteiger partial charge in [-0.2, -0.15) is 0 Å². The second-order valence-corrected chi connectivity index (χ2v) is 4.57. The number of aliphatic hydroxyl groups is 1. The third-order valence-corrected chi connectivity index (χ3v) is 2.94. The molecule has 2 aromatic rings. The van der Waals surface area contributed by atoms with Crippen molar-refractivity contribution >= 4 is 23.2 Å². The Labute approximate surface area is 127 Å². The van der Waals surface area contributed by atoms with Crippen molar-refractivity contribution in [3.8, 4) is 11.8 Å². The Morgan fingerprint density at radius 1 is 1.38 bits per heavy atom. The summed E-state index contributed by atoms with van der Waals surface area (Å²) in [6, 6.07) is 8.48. The van der Waals surface area contributed by atoms with Gasteiger partial charge >= 0.3 is 0 Å². The summed E-state index contributed by atoms with van der Waals surface area (Å²) in [5, 5.41) is 11.9. The van der Waals surface area contributed by atoms with E-state index in [4.69, 9.17) is 16.7 Å². The molecule has 0 saturated heterocycles. The minimum Gasteiger partial charge on any atom is -0.395 e. The predicted molar refractivity (Wildman–Crippen MR) is 82.2 cm³/mol. The van der Waals surface area contributed by atoms with Crippen LogP contribution in [0.4, 0.5) is 5.69 Å². The standard InChI is InChI=1S/C16H13ClN2O2/c17-14-7-6-12(4-1-2-9-20)10-15(14)19-16(21)13-5-3-8-18-11-13/h3,5-8,10-11,20H,2,9H2,(H,19,21). The fraction of sp³-hybridized carbons (Fsp3) is 0.125. The number of pyridine rings is 1. The molecule has 2 N–H and O–H groups in total. The highest BCUT2D eigenvalue weighted by atomic mass is 35.5. The van der Waals surface area contributed by atoms with Crippen LogP contribution in [0.3, 0.4) is 0 Å². The topological polar surface area (TPSA) is 62.2 Å². The Morgan fingerprint density at radius 2 is 2.24 bits per heavy atom. The first kappa shape index (κ1) is 15.0. The van der Waals surface area contributed by atoms with Crippen molar-refractivity contribution < 1.29 is 9.90 Å². The number of carbonyl (C=O) groups is 1. The zero-order chi connectivity index (χ0) is 15.1. The lowest BCUT2D eigenvalue weighted by molar-refractivity contribution is 0.102. The summed E-state index contributed by atoms with van der Waals surface area (Å²) < 4.78 is 0. The molecule has 2 rings (SSSR count). The fourth-order valence-corrected chi connectivity index (χ4v) is 1.78. The van der Waals surface area contributed by atoms with E-state index in [1.807, 2.05) is 0 Å². The minimum atomic E-state index is -0.287. The summed E-state index contributed by atoms with van der Waals surface area (Å²) in [5.41, 5.74) is 1.65. The van der Waals surface area contributed by atoms with Crippen molar-refractivity contribution in [2.24, 2.45) is 0 Å². The Bertz CT molecular complexity index is 690. The Morgan fingerprint density at radius 3 is 2.95 bits per heavy atom. The van der Waals surface area contributed by atoms with Crippen molar-refractivity contribution in [3.05, 3.63) is 58.9 Å². The van der Waals surface area contributed by atoms with Crippen molar-refractivity contribution in [3.63, 3.8) is 0 Å². The van der Waals surface area contributed by atoms with Crippen LogP contribution in [0, 0.1) is 11.8 Å². The highest BCUT2D eigenvalue weighted by Gasteiger charge is 2.08. The number of nitrogens with one attached hydrogen (secondary N) is 1. The van der Waals surface area contributed by atoms with E-state index in [2.05, 4.69) is 22.1 Å². The van der Waals surface area contributed by atoms with Crippen LogP contribution in [0.5, 0.6) is 0 Å². The van der Waals surface area contributed by atoms with Gasteiger partial charge in [0.2, 0.25) is 0 Å². The lowest BCUT2D eigenvalue weighted by atomic mass is 10.2. The van der Waals surface area contributed by atoms with Crippen molar-refractivity contribution in [2.45, 2.75) is 6.42 Å². The number of amides is 1. The maximum atomic E-state index is 12.1. The molecule has 0 fully saturated rings. The SMILES string of the molecule is O=C(Nc1cc(C#CCCO)ccc1Cl)c1cccnc1. The first-order valence-electron chi connectivity index (χ1n) is 6.31. The van der Waals surface area contributed by atoms with E-state index in [0.717, 1.165) is 0 Å². The first-order chi connectivity index (χ1) is 10.2. The average Bonchev–Trinajstić information content (AvgIpc) is 2.51. The van der Waals surface area contributed by atoms with E-state index in [1.54, 1.807) is 36.5 Å². The zero-order valence-electron chi connectivity index (χ0n) is 11.1. The molecule has 5 heteroatoms. The molecule has 0 aliphatic heterocycles. The van der Waals surface area contributed by atoms with Gasteiger partial charge in [-0.25, -0.2) is 0 Å². The molecular formula is C16H13ClN2O2. The third kappa shape index (κ3) is 4.32. The number of aromatic nitrogens is 1. The minimum absolute atomic E-state index is 0.0190. The van der Waals surface area contributed by atoms with E-state index in [9.17, 15) is 4.79 Å². The summed E-state index contributed by atoms with van der Waals surface area (Å²) >= 11 is 6.07. The van der Waals surface area contributed by atoms with Gasteiger partial charge in [0.25, 0.3) is 5.91 Å². The molecule has 1 aromatic carbocycles. The normalized spacial score (nSPS) is 9.62. The Hall–Kier alpha value is -2.35. The molecular weight excluding hydrogens is 288 g/mol. The zero-order valence-corrected chi connectivity index (χ0v) is 11.9. The molecule has 0 saturated carbocycles. The van der Waals surface area contributed by atoms with Gasteiger partial charge in [-0.15, -0.1) is 0 Å². The molecule has 1 heterocycles. The molecule has 1 aromatic heterocycles. The largest absolute Gasteiger partial charge is 0.395 e. The third-order valence-electron chi connectivity index (χ3n) is 2.61. The van der Waals surface area contributed by atoms with Gasteiger partial charge in [-0.05, 0) is 30.3 Å². The summed E-state index contributed by atoms with van der Waals surface area (Å²) in [7, 11) is 0. The van der Waals surface area contributed by atoms with Crippen LogP contribution in [0.1, 0.15) is 22.3 Å². The number of hydrogen-bond donors (Lipinski definition) is 2. The predicted octanol–water partition coefficient (Wildman–Crippen LogP) is 2.72. The number of carbonyl (C=O) groups excluding carboxylic acids is 1. The molecule has 0 radical (unpaired) electrons. The van der Waals surface area contributed by atoms with Gasteiger partial charge < -0.3 is 10.4 Å². The number of rotatable bonds is 3. The van der Waals surface area contributed by atoms with E-state index in [-0.39, 0.29) is 12.5 Å². The van der Waals surface area contributed by atoms with Gasteiger partial charge in [-0.1, -0.05) is 23.4 Å². The Kier molecular flexibility index (Phi) is 5.33. The fourth-order valence-electron chi connectivity index (χ4n) is 1.61. The van der Waals surface area contributed by atoms with Crippen LogP contribution in [-0.4, -0.2) is 22.6 Å². The second-order valence-electron chi connectivity index (χ2n) is 4.17. The van der Waals surface area contributed by atoms with Crippen LogP contribution in [0.25, 0.3) is 0 Å². The smallest absolute Gasteiger partial charge is 0.257 e. The lowest BCUT2D eigenvalue weighted by Crippen LogP contribution is -2.12. The van der Waals surface area contributed by atoms with Gasteiger partial charge in [0.05, 0.1) is 22.9 Å². The van der Waals surface area contributed by atoms with Crippen LogP contribution >= 0.6 is 11.6 Å². The number of halogens is 1. The number of aliphatic hydroxyl groups excluding tert-OH is 1. The number of benzene rings is 1. The summed E-state index contributed by atoms with van der Waals surface area (Å²) in [5.74, 6) is 5.42. The lowest BCUT2D eigenvalue weighted by Gasteiger charge is -2.07. The molecule has 106 valence electrons. The van der Waals surface area contributed by atoms with Gasteiger partial charge in [0, 0.05) is 24.4 Å². The monoisotopic (exact) mass is 300 g/mol. The van der Waals surface area contributed by atoms with Crippen LogP contribution in [0.15, 0.2) is 42.7 Å². The average molecular weight is 301 g/mol. The van der Waals surface area contributed by atoms with Crippen LogP contribution in [0.2, 0.25) is 5.02 Å². The molecule has 0 aliphatic rings. The van der Waals surface area contributed by atoms with E-state index in [0.29, 0.717) is 28.3 Å². The quantitative estimate of drug-likeness (QED) is 0.857. The van der Waals surface area contributed by atoms with Gasteiger partial charge in [0.15, 0.2) is 0 Å². The maximum absolute atomic E-state index is 12.1. The molecule has 1 amide bonds. The van der Waals surface area contributed by atoms with Gasteiger partial charge in [-0.3, -0.25) is 9.78 Å². The second kappa shape index (κ2) is 7.44. The van der Waals surface area contributed by atoms with Crippen LogP contribution < -0.4 is 5.32 Å². The summed E-state index contributed by atoms with van der Waals surface area (Å²) in [4.78, 5) is 16.0. The molecule has 0 aliphatic carbocycles. The first-order valence-corrected chi connectivity index (χ1v) is 6.69. The number of anilines is 1. The highest BCUT2D eigenvalue weighted by Crippen LogP contribution is 2.23. The molecule has 21 heavy (non-hydrogen) atoms. The molecule has 0 unspecified atom stereocenters. The van der Waals surface area contributed by atoms with E-state index < -0.39 is 0 Å². The molecule has 0 atom stereocenters. The summed E-state index contributed by atoms with van der Waals surface area (Å²) in [6.07, 6.45) is 3.48. The Balaban J connectivity index is 2.18. The van der Waals surface area contributed by atoms with E-state index >= 15 is 0 Å².